The Kier molecular flexibility index (Phi) is 9.88. The zero-order valence-electron chi connectivity index (χ0n) is 24.8. The Labute approximate surface area is 267 Å². The number of fused-ring (bicyclic) bond motifs is 4. The van der Waals surface area contributed by atoms with Crippen LogP contribution in [0.5, 0.6) is 0 Å². The minimum Gasteiger partial charge on any atom is -0.467 e. The number of rotatable bonds is 6. The van der Waals surface area contributed by atoms with Gasteiger partial charge in [-0.15, -0.1) is 5.10 Å². The summed E-state index contributed by atoms with van der Waals surface area (Å²) in [6, 6.07) is 10.8. The number of methoxy groups -OCH3 is 2. The molecule has 0 fully saturated rings. The minimum absolute atomic E-state index is 0.0837. The van der Waals surface area contributed by atoms with Gasteiger partial charge in [0.2, 0.25) is 5.91 Å². The minimum atomic E-state index is -0.729. The van der Waals surface area contributed by atoms with Crippen molar-refractivity contribution in [3.05, 3.63) is 70.9 Å². The Bertz CT molecular complexity index is 1810. The monoisotopic (exact) mass is 644 g/mol. The highest BCUT2D eigenvalue weighted by Crippen LogP contribution is 2.35. The van der Waals surface area contributed by atoms with E-state index >= 15 is 0 Å². The molecule has 5 rings (SSSR count). The average molecular weight is 645 g/mol. The van der Waals surface area contributed by atoms with Crippen molar-refractivity contribution in [2.45, 2.75) is 37.8 Å². The van der Waals surface area contributed by atoms with Gasteiger partial charge in [-0.3, -0.25) is 10.1 Å². The van der Waals surface area contributed by atoms with E-state index in [2.05, 4.69) is 47.5 Å². The fourth-order valence-electron chi connectivity index (χ4n) is 5.04. The molecule has 4 aromatic rings. The summed E-state index contributed by atoms with van der Waals surface area (Å²) in [7, 11) is 2.55. The van der Waals surface area contributed by atoms with Crippen LogP contribution in [0, 0.1) is 11.3 Å². The molecular formula is C30H29ClN10O5. The number of ether oxygens (including phenoxy) is 2. The SMILES string of the molecule is COC(=O)Nc1ccc2c(c1)NC(C(=O)OC)CCCCC(NC(=O)C=Cc1cc(Cl)ccc1-n1cnnn1)c1nc(C#N)c-2[nH]1. The first-order chi connectivity index (χ1) is 22.3. The third-order valence-corrected chi connectivity index (χ3v) is 7.48. The van der Waals surface area contributed by atoms with Gasteiger partial charge >= 0.3 is 12.1 Å². The number of aromatic amines is 1. The second kappa shape index (κ2) is 14.4. The summed E-state index contributed by atoms with van der Waals surface area (Å²) in [5.74, 6) is -0.500. The summed E-state index contributed by atoms with van der Waals surface area (Å²) >= 11 is 6.21. The van der Waals surface area contributed by atoms with Crippen LogP contribution in [0.1, 0.15) is 48.8 Å². The van der Waals surface area contributed by atoms with E-state index in [1.54, 1.807) is 42.5 Å². The standard InChI is InChI=1S/C30H29ClN10O5/c1-45-29(43)22-6-4-3-5-21(36-26(42)12-7-17-13-18(31)8-11-25(17)41-16-33-39-40-41)28-37-24(15-32)27(38-28)20-10-9-19(14-23(20)35-22)34-30(44)46-2/h7-14,16,21-22,35H,3-6H2,1-2H3,(H,34,44)(H,36,42)(H,37,38). The van der Waals surface area contributed by atoms with E-state index in [0.717, 1.165) is 0 Å². The maximum atomic E-state index is 13.2. The van der Waals surface area contributed by atoms with Crippen LogP contribution in [0.15, 0.2) is 48.8 Å². The maximum absolute atomic E-state index is 13.2. The molecule has 3 heterocycles. The summed E-state index contributed by atoms with van der Waals surface area (Å²) in [6.07, 6.45) is 5.82. The number of nitrogens with zero attached hydrogens (tertiary/aromatic N) is 6. The number of hydrogen-bond acceptors (Lipinski definition) is 11. The highest BCUT2D eigenvalue weighted by atomic mass is 35.5. The van der Waals surface area contributed by atoms with E-state index in [1.807, 2.05) is 0 Å². The Hall–Kier alpha value is -5.75. The molecule has 2 atom stereocenters. The van der Waals surface area contributed by atoms with Crippen molar-refractivity contribution in [3.8, 4) is 23.0 Å². The third-order valence-electron chi connectivity index (χ3n) is 7.25. The summed E-state index contributed by atoms with van der Waals surface area (Å²) < 4.78 is 11.2. The van der Waals surface area contributed by atoms with Crippen molar-refractivity contribution in [3.63, 3.8) is 0 Å². The van der Waals surface area contributed by atoms with Crippen molar-refractivity contribution < 1.29 is 23.9 Å². The number of carbonyl (C=O) groups excluding carboxylic acids is 3. The van der Waals surface area contributed by atoms with Crippen LogP contribution in [0.2, 0.25) is 5.02 Å². The Balaban J connectivity index is 1.48. The molecule has 1 aliphatic heterocycles. The van der Waals surface area contributed by atoms with Crippen LogP contribution in [0.3, 0.4) is 0 Å². The van der Waals surface area contributed by atoms with Gasteiger partial charge in [0, 0.05) is 33.6 Å². The first kappa shape index (κ1) is 31.7. The number of tetrazole rings is 1. The summed E-state index contributed by atoms with van der Waals surface area (Å²) in [5, 5.41) is 30.5. The largest absolute Gasteiger partial charge is 0.467 e. The molecule has 2 aromatic carbocycles. The Morgan fingerprint density at radius 2 is 1.96 bits per heavy atom. The van der Waals surface area contributed by atoms with Crippen LogP contribution in [-0.4, -0.2) is 68.4 Å². The number of nitriles is 1. The molecule has 4 N–H and O–H groups in total. The predicted molar refractivity (Wildman–Crippen MR) is 167 cm³/mol. The third kappa shape index (κ3) is 7.30. The van der Waals surface area contributed by atoms with Crippen molar-refractivity contribution in [1.82, 2.24) is 35.5 Å². The van der Waals surface area contributed by atoms with Crippen LogP contribution in [0.25, 0.3) is 23.0 Å². The van der Waals surface area contributed by atoms with E-state index in [-0.39, 0.29) is 5.69 Å². The van der Waals surface area contributed by atoms with Crippen molar-refractivity contribution in [2.24, 2.45) is 0 Å². The number of anilines is 2. The van der Waals surface area contributed by atoms with E-state index in [0.29, 0.717) is 70.4 Å². The van der Waals surface area contributed by atoms with Gasteiger partial charge in [-0.25, -0.2) is 14.6 Å². The van der Waals surface area contributed by atoms with Gasteiger partial charge in [-0.05, 0) is 65.7 Å². The molecule has 15 nitrogen and oxygen atoms in total. The molecule has 0 saturated carbocycles. The van der Waals surface area contributed by atoms with Gasteiger partial charge in [0.15, 0.2) is 5.69 Å². The average Bonchev–Trinajstić information content (AvgIpc) is 3.75. The van der Waals surface area contributed by atoms with Gasteiger partial charge in [-0.2, -0.15) is 9.94 Å². The van der Waals surface area contributed by atoms with Crippen molar-refractivity contribution in [1.29, 1.82) is 5.26 Å². The molecule has 16 heteroatoms. The van der Waals surface area contributed by atoms with Crippen LogP contribution < -0.4 is 16.0 Å². The maximum Gasteiger partial charge on any atom is 0.411 e. The van der Waals surface area contributed by atoms with Gasteiger partial charge in [0.05, 0.1) is 31.6 Å². The zero-order valence-corrected chi connectivity index (χ0v) is 25.5. The van der Waals surface area contributed by atoms with Gasteiger partial charge in [-0.1, -0.05) is 24.4 Å². The van der Waals surface area contributed by atoms with E-state index in [4.69, 9.17) is 21.1 Å². The summed E-state index contributed by atoms with van der Waals surface area (Å²) in [5.41, 5.74) is 3.04. The molecule has 236 valence electrons. The van der Waals surface area contributed by atoms with Gasteiger partial charge < -0.3 is 25.1 Å². The second-order valence-electron chi connectivity index (χ2n) is 10.2. The number of halogens is 1. The highest BCUT2D eigenvalue weighted by molar-refractivity contribution is 6.30. The summed E-state index contributed by atoms with van der Waals surface area (Å²) in [4.78, 5) is 45.6. The number of aromatic nitrogens is 6. The first-order valence-corrected chi connectivity index (χ1v) is 14.5. The number of hydrogen-bond donors (Lipinski definition) is 4. The lowest BCUT2D eigenvalue weighted by molar-refractivity contribution is -0.141. The fourth-order valence-corrected chi connectivity index (χ4v) is 5.22. The number of imidazole rings is 1. The number of benzene rings is 2. The molecule has 2 bridgehead atoms. The molecule has 46 heavy (non-hydrogen) atoms. The predicted octanol–water partition coefficient (Wildman–Crippen LogP) is 4.15. The van der Waals surface area contributed by atoms with Crippen molar-refractivity contribution in [2.75, 3.05) is 24.9 Å². The Morgan fingerprint density at radius 1 is 1.13 bits per heavy atom. The van der Waals surface area contributed by atoms with E-state index < -0.39 is 30.1 Å². The highest BCUT2D eigenvalue weighted by Gasteiger charge is 2.26. The quantitative estimate of drug-likeness (QED) is 0.173. The lowest BCUT2D eigenvalue weighted by Crippen LogP contribution is -2.31. The molecule has 2 unspecified atom stereocenters. The Morgan fingerprint density at radius 3 is 2.70 bits per heavy atom. The van der Waals surface area contributed by atoms with Crippen LogP contribution >= 0.6 is 11.6 Å². The fraction of sp³-hybridized carbons (Fsp3) is 0.267. The number of carbonyl (C=O) groups is 3. The normalized spacial score (nSPS) is 16.1. The smallest absolute Gasteiger partial charge is 0.411 e. The van der Waals surface area contributed by atoms with E-state index in [1.165, 1.54) is 31.3 Å². The van der Waals surface area contributed by atoms with Gasteiger partial charge in [0.25, 0.3) is 0 Å². The van der Waals surface area contributed by atoms with Crippen molar-refractivity contribution >= 4 is 47.0 Å². The van der Waals surface area contributed by atoms with Crippen LogP contribution in [-0.2, 0) is 19.1 Å². The van der Waals surface area contributed by atoms with Gasteiger partial charge in [0.1, 0.15) is 24.3 Å². The molecule has 2 aromatic heterocycles. The number of amides is 2. The van der Waals surface area contributed by atoms with E-state index in [9.17, 15) is 19.6 Å². The molecule has 0 saturated heterocycles. The number of H-pyrrole nitrogens is 1. The second-order valence-corrected chi connectivity index (χ2v) is 10.6. The lowest BCUT2D eigenvalue weighted by atomic mass is 10.0. The lowest BCUT2D eigenvalue weighted by Gasteiger charge is -2.22. The number of nitrogens with one attached hydrogen (secondary N) is 4. The molecule has 0 radical (unpaired) electrons. The topological polar surface area (TPSA) is 202 Å². The molecule has 2 amide bonds. The number of esters is 1. The zero-order chi connectivity index (χ0) is 32.6. The summed E-state index contributed by atoms with van der Waals surface area (Å²) in [6.45, 7) is 0. The molecule has 0 spiro atoms. The molecular weight excluding hydrogens is 616 g/mol. The molecule has 1 aliphatic rings. The first-order valence-electron chi connectivity index (χ1n) is 14.1. The molecule has 0 aliphatic carbocycles. The van der Waals surface area contributed by atoms with Crippen LogP contribution in [0.4, 0.5) is 16.2 Å².